The highest BCUT2D eigenvalue weighted by atomic mass is 127. The Labute approximate surface area is 97.8 Å². The molecule has 0 saturated carbocycles. The van der Waals surface area contributed by atoms with E-state index in [0.29, 0.717) is 9.26 Å². The van der Waals surface area contributed by atoms with Gasteiger partial charge in [0.15, 0.2) is 0 Å². The van der Waals surface area contributed by atoms with E-state index in [1.54, 1.807) is 29.5 Å². The second-order valence-corrected chi connectivity index (χ2v) is 3.99. The molecule has 14 heavy (non-hydrogen) atoms. The summed E-state index contributed by atoms with van der Waals surface area (Å²) in [6.07, 6.45) is -2.63. The zero-order valence-electron chi connectivity index (χ0n) is 7.02. The van der Waals surface area contributed by atoms with Gasteiger partial charge in [0.05, 0.1) is 5.69 Å². The number of carbonyl (C=O) groups excluding carboxylic acids is 1. The lowest BCUT2D eigenvalue weighted by Gasteiger charge is -2.06. The molecule has 0 N–H and O–H groups in total. The smallest absolute Gasteiger partial charge is 0.270 e. The van der Waals surface area contributed by atoms with Crippen molar-refractivity contribution in [3.8, 4) is 0 Å². The van der Waals surface area contributed by atoms with Gasteiger partial charge in [-0.1, -0.05) is 0 Å². The van der Waals surface area contributed by atoms with Crippen LogP contribution in [0.3, 0.4) is 0 Å². The van der Waals surface area contributed by atoms with Gasteiger partial charge in [0, 0.05) is 9.13 Å². The Bertz CT molecular complexity index is 384. The Morgan fingerprint density at radius 2 is 2.21 bits per heavy atom. The summed E-state index contributed by atoms with van der Waals surface area (Å²) in [5, 5.41) is -0.827. The normalized spacial score (nSPS) is 10.7. The Kier molecular flexibility index (Phi) is 3.77. The van der Waals surface area contributed by atoms with Gasteiger partial charge in [-0.15, -0.1) is 0 Å². The molecule has 0 aliphatic heterocycles. The number of aromatic nitrogens is 1. The van der Waals surface area contributed by atoms with Crippen LogP contribution >= 0.6 is 34.2 Å². The first kappa shape index (κ1) is 11.8. The van der Waals surface area contributed by atoms with Crippen LogP contribution in [0.2, 0.25) is 0 Å². The Balaban J connectivity index is 3.35. The van der Waals surface area contributed by atoms with Crippen molar-refractivity contribution in [2.75, 3.05) is 0 Å². The van der Waals surface area contributed by atoms with Crippen LogP contribution in [0.15, 0.2) is 6.07 Å². The second-order valence-electron chi connectivity index (χ2n) is 2.57. The molecule has 0 spiro atoms. The quantitative estimate of drug-likeness (QED) is 0.615. The first-order valence-electron chi connectivity index (χ1n) is 3.58. The molecule has 0 saturated heterocycles. The molecule has 0 aromatic carbocycles. The molecule has 0 atom stereocenters. The average Bonchev–Trinajstić information content (AvgIpc) is 2.08. The summed E-state index contributed by atoms with van der Waals surface area (Å²) in [5.74, 6) is 0. The molecule has 0 bridgehead atoms. The predicted octanol–water partition coefficient (Wildman–Crippen LogP) is 3.31. The molecular weight excluding hydrogens is 326 g/mol. The molecule has 0 unspecified atom stereocenters. The van der Waals surface area contributed by atoms with E-state index in [1.165, 1.54) is 0 Å². The van der Waals surface area contributed by atoms with Crippen LogP contribution in [0.5, 0.6) is 0 Å². The summed E-state index contributed by atoms with van der Waals surface area (Å²) >= 11 is 6.92. The summed E-state index contributed by atoms with van der Waals surface area (Å²) in [6.45, 7) is 1.55. The summed E-state index contributed by atoms with van der Waals surface area (Å²) in [7, 11) is 0. The molecule has 1 rings (SSSR count). The van der Waals surface area contributed by atoms with E-state index >= 15 is 0 Å². The maximum atomic E-state index is 12.5. The van der Waals surface area contributed by atoms with Crippen LogP contribution in [0.4, 0.5) is 8.78 Å². The predicted molar refractivity (Wildman–Crippen MR) is 56.8 cm³/mol. The van der Waals surface area contributed by atoms with Gasteiger partial charge in [0.2, 0.25) is 0 Å². The summed E-state index contributed by atoms with van der Waals surface area (Å²) in [4.78, 5) is 14.5. The first-order valence-corrected chi connectivity index (χ1v) is 5.04. The molecule has 1 aromatic heterocycles. The highest BCUT2D eigenvalue weighted by Gasteiger charge is 2.17. The number of alkyl halides is 2. The molecule has 1 aromatic rings. The van der Waals surface area contributed by atoms with E-state index in [0.717, 1.165) is 6.07 Å². The molecule has 76 valence electrons. The Morgan fingerprint density at radius 1 is 1.64 bits per heavy atom. The molecule has 0 radical (unpaired) electrons. The van der Waals surface area contributed by atoms with E-state index in [2.05, 4.69) is 4.98 Å². The highest BCUT2D eigenvalue weighted by Crippen LogP contribution is 2.26. The lowest BCUT2D eigenvalue weighted by atomic mass is 10.2. The maximum Gasteiger partial charge on any atom is 0.270 e. The van der Waals surface area contributed by atoms with Crippen molar-refractivity contribution in [1.82, 2.24) is 4.98 Å². The fraction of sp³-hybridized carbons (Fsp3) is 0.250. The SMILES string of the molecule is Cc1nc(C(=O)Cl)cc(C(F)F)c1I. The fourth-order valence-corrected chi connectivity index (χ4v) is 1.55. The standard InChI is InChI=1S/C8H5ClF2INO/c1-3-6(12)4(8(10)11)2-5(13-3)7(9)14/h2,8H,1H3. The molecule has 2 nitrogen and oxygen atoms in total. The lowest BCUT2D eigenvalue weighted by Crippen LogP contribution is -2.03. The average molecular weight is 331 g/mol. The zero-order chi connectivity index (χ0) is 10.9. The van der Waals surface area contributed by atoms with Crippen LogP contribution in [0.1, 0.15) is 28.2 Å². The van der Waals surface area contributed by atoms with Crippen molar-refractivity contribution in [2.24, 2.45) is 0 Å². The largest absolute Gasteiger partial charge is 0.274 e. The number of rotatable bonds is 2. The monoisotopic (exact) mass is 331 g/mol. The van der Waals surface area contributed by atoms with E-state index in [1.807, 2.05) is 0 Å². The van der Waals surface area contributed by atoms with Crippen molar-refractivity contribution in [3.05, 3.63) is 26.6 Å². The Hall–Kier alpha value is -0.300. The van der Waals surface area contributed by atoms with Crippen LogP contribution in [-0.2, 0) is 0 Å². The van der Waals surface area contributed by atoms with Crippen LogP contribution < -0.4 is 0 Å². The van der Waals surface area contributed by atoms with Crippen LogP contribution in [0.25, 0.3) is 0 Å². The number of carbonyl (C=O) groups is 1. The van der Waals surface area contributed by atoms with Gasteiger partial charge >= 0.3 is 0 Å². The van der Waals surface area contributed by atoms with Gasteiger partial charge < -0.3 is 0 Å². The van der Waals surface area contributed by atoms with Crippen molar-refractivity contribution in [2.45, 2.75) is 13.3 Å². The molecule has 0 aliphatic carbocycles. The second kappa shape index (κ2) is 4.48. The van der Waals surface area contributed by atoms with Crippen molar-refractivity contribution < 1.29 is 13.6 Å². The molecule has 0 fully saturated rings. The van der Waals surface area contributed by atoms with E-state index in [-0.39, 0.29) is 11.3 Å². The van der Waals surface area contributed by atoms with Gasteiger partial charge in [-0.25, -0.2) is 13.8 Å². The number of hydrogen-bond donors (Lipinski definition) is 0. The Morgan fingerprint density at radius 3 is 2.64 bits per heavy atom. The topological polar surface area (TPSA) is 30.0 Å². The summed E-state index contributed by atoms with van der Waals surface area (Å²) in [6, 6.07) is 1.02. The molecule has 6 heteroatoms. The van der Waals surface area contributed by atoms with Gasteiger partial charge in [-0.05, 0) is 47.2 Å². The number of pyridine rings is 1. The number of halogens is 4. The van der Waals surface area contributed by atoms with Crippen molar-refractivity contribution in [3.63, 3.8) is 0 Å². The van der Waals surface area contributed by atoms with Gasteiger partial charge in [-0.2, -0.15) is 0 Å². The number of nitrogens with zero attached hydrogens (tertiary/aromatic N) is 1. The third-order valence-corrected chi connectivity index (χ3v) is 3.18. The molecule has 0 aliphatic rings. The van der Waals surface area contributed by atoms with Crippen molar-refractivity contribution in [1.29, 1.82) is 0 Å². The minimum Gasteiger partial charge on any atom is -0.274 e. The highest BCUT2D eigenvalue weighted by molar-refractivity contribution is 14.1. The van der Waals surface area contributed by atoms with Crippen LogP contribution in [0, 0.1) is 10.5 Å². The summed E-state index contributed by atoms with van der Waals surface area (Å²) < 4.78 is 25.3. The zero-order valence-corrected chi connectivity index (χ0v) is 9.94. The van der Waals surface area contributed by atoms with E-state index in [9.17, 15) is 13.6 Å². The molecular formula is C8H5ClF2INO. The molecule has 0 amide bonds. The van der Waals surface area contributed by atoms with Gasteiger partial charge in [0.25, 0.3) is 11.7 Å². The molecule has 1 heterocycles. The lowest BCUT2D eigenvalue weighted by molar-refractivity contribution is 0.107. The fourth-order valence-electron chi connectivity index (χ4n) is 0.941. The summed E-state index contributed by atoms with van der Waals surface area (Å²) in [5.41, 5.74) is 0.0365. The third-order valence-electron chi connectivity index (χ3n) is 1.59. The van der Waals surface area contributed by atoms with E-state index < -0.39 is 11.7 Å². The number of aryl methyl sites for hydroxylation is 1. The van der Waals surface area contributed by atoms with Gasteiger partial charge in [-0.3, -0.25) is 4.79 Å². The third kappa shape index (κ3) is 2.38. The minimum absolute atomic E-state index is 0.139. The van der Waals surface area contributed by atoms with Crippen molar-refractivity contribution >= 4 is 39.4 Å². The van der Waals surface area contributed by atoms with E-state index in [4.69, 9.17) is 11.6 Å². The first-order chi connectivity index (χ1) is 6.43. The maximum absolute atomic E-state index is 12.5. The van der Waals surface area contributed by atoms with Crippen LogP contribution in [-0.4, -0.2) is 10.2 Å². The van der Waals surface area contributed by atoms with Gasteiger partial charge in [0.1, 0.15) is 5.69 Å². The number of hydrogen-bond acceptors (Lipinski definition) is 2. The minimum atomic E-state index is -2.63.